The van der Waals surface area contributed by atoms with Crippen molar-refractivity contribution in [3.63, 3.8) is 0 Å². The van der Waals surface area contributed by atoms with E-state index in [9.17, 15) is 9.59 Å². The van der Waals surface area contributed by atoms with E-state index in [1.54, 1.807) is 0 Å². The van der Waals surface area contributed by atoms with Gasteiger partial charge in [0.1, 0.15) is 5.70 Å². The Bertz CT molecular complexity index is 659. The van der Waals surface area contributed by atoms with E-state index in [-0.39, 0.29) is 18.8 Å². The van der Waals surface area contributed by atoms with Gasteiger partial charge in [-0.2, -0.15) is 0 Å². The molecular weight excluding hydrogens is 472 g/mol. The number of nitrogens with one attached hydrogen (secondary N) is 1. The summed E-state index contributed by atoms with van der Waals surface area (Å²) in [6.45, 7) is 1.64. The lowest BCUT2D eigenvalue weighted by Crippen LogP contribution is -2.34. The van der Waals surface area contributed by atoms with Crippen LogP contribution in [-0.2, 0) is 9.59 Å². The van der Waals surface area contributed by atoms with Gasteiger partial charge in [0.25, 0.3) is 11.8 Å². The van der Waals surface area contributed by atoms with Crippen LogP contribution in [0, 0.1) is 6.92 Å². The van der Waals surface area contributed by atoms with E-state index in [4.69, 9.17) is 5.11 Å². The van der Waals surface area contributed by atoms with E-state index in [1.807, 2.05) is 13.0 Å². The number of carbonyl (C=O) groups excluding carboxylic acids is 2. The summed E-state index contributed by atoms with van der Waals surface area (Å²) in [6, 6.07) is 1.86. The lowest BCUT2D eigenvalue weighted by atomic mass is 10.2. The summed E-state index contributed by atoms with van der Waals surface area (Å²) in [5, 5.41) is 11.9. The van der Waals surface area contributed by atoms with E-state index >= 15 is 0 Å². The molecule has 0 fully saturated rings. The molecule has 0 bridgehead atoms. The Morgan fingerprint density at radius 1 is 1.24 bits per heavy atom. The quantitative estimate of drug-likeness (QED) is 0.647. The molecule has 0 unspecified atom stereocenters. The van der Waals surface area contributed by atoms with E-state index in [1.165, 1.54) is 6.08 Å². The molecule has 0 saturated carbocycles. The molecule has 1 heterocycles. The molecule has 5 nitrogen and oxygen atoms in total. The number of β-amino-alcohol motifs (C(OH)–C–C–N with tert-alkyl or cyclic N) is 1. The van der Waals surface area contributed by atoms with Crippen molar-refractivity contribution in [2.75, 3.05) is 18.5 Å². The Balaban J connectivity index is 2.32. The Morgan fingerprint density at radius 2 is 1.90 bits per heavy atom. The number of anilines is 1. The Morgan fingerprint density at radius 3 is 2.52 bits per heavy atom. The summed E-state index contributed by atoms with van der Waals surface area (Å²) >= 11 is 10.3. The van der Waals surface area contributed by atoms with Crippen LogP contribution in [0.2, 0.25) is 0 Å². The Kier molecular flexibility index (Phi) is 5.24. The van der Waals surface area contributed by atoms with E-state index in [2.05, 4.69) is 53.1 Å². The summed E-state index contributed by atoms with van der Waals surface area (Å²) in [5.74, 6) is -0.883. The average Bonchev–Trinajstić information content (AvgIpc) is 2.69. The molecule has 0 aliphatic carbocycles. The molecule has 0 saturated heterocycles. The van der Waals surface area contributed by atoms with Crippen molar-refractivity contribution in [3.05, 3.63) is 36.8 Å². The first kappa shape index (κ1) is 16.7. The third-order valence-corrected chi connectivity index (χ3v) is 5.43. The summed E-state index contributed by atoms with van der Waals surface area (Å²) in [4.78, 5) is 24.8. The van der Waals surface area contributed by atoms with Gasteiger partial charge in [0.15, 0.2) is 0 Å². The number of aliphatic hydroxyl groups excluding tert-OH is 1. The molecule has 0 atom stereocenters. The van der Waals surface area contributed by atoms with Gasteiger partial charge in [0.2, 0.25) is 0 Å². The van der Waals surface area contributed by atoms with Gasteiger partial charge in [0.05, 0.1) is 18.8 Å². The Hall–Kier alpha value is -0.700. The number of rotatable bonds is 4. The van der Waals surface area contributed by atoms with Gasteiger partial charge in [-0.1, -0.05) is 15.9 Å². The van der Waals surface area contributed by atoms with Gasteiger partial charge in [-0.25, -0.2) is 0 Å². The second-order valence-electron chi connectivity index (χ2n) is 4.36. The topological polar surface area (TPSA) is 69.6 Å². The minimum Gasteiger partial charge on any atom is -0.395 e. The van der Waals surface area contributed by atoms with Crippen LogP contribution in [0.1, 0.15) is 5.56 Å². The van der Waals surface area contributed by atoms with Crippen molar-refractivity contribution in [1.29, 1.82) is 0 Å². The number of hydrogen-bond acceptors (Lipinski definition) is 4. The zero-order chi connectivity index (χ0) is 15.7. The minimum atomic E-state index is -0.451. The number of carbonyl (C=O) groups is 2. The highest BCUT2D eigenvalue weighted by Crippen LogP contribution is 2.39. The number of halogens is 3. The first-order valence-electron chi connectivity index (χ1n) is 5.96. The summed E-state index contributed by atoms with van der Waals surface area (Å²) < 4.78 is 2.44. The van der Waals surface area contributed by atoms with Crippen LogP contribution in [0.15, 0.2) is 31.3 Å². The van der Waals surface area contributed by atoms with Crippen molar-refractivity contribution < 1.29 is 14.7 Å². The largest absolute Gasteiger partial charge is 0.395 e. The van der Waals surface area contributed by atoms with Crippen LogP contribution in [0.4, 0.5) is 5.69 Å². The Labute approximate surface area is 146 Å². The van der Waals surface area contributed by atoms with Crippen LogP contribution in [0.5, 0.6) is 0 Å². The highest BCUT2D eigenvalue weighted by molar-refractivity contribution is 9.11. The van der Waals surface area contributed by atoms with Crippen LogP contribution >= 0.6 is 47.8 Å². The van der Waals surface area contributed by atoms with Crippen LogP contribution in [0.3, 0.4) is 0 Å². The molecule has 0 aromatic heterocycles. The molecule has 1 aromatic rings. The fourth-order valence-corrected chi connectivity index (χ4v) is 4.17. The molecule has 1 aromatic carbocycles. The van der Waals surface area contributed by atoms with Gasteiger partial charge in [-0.05, 0) is 50.4 Å². The maximum atomic E-state index is 12.1. The van der Waals surface area contributed by atoms with Gasteiger partial charge in [-0.3, -0.25) is 14.5 Å². The van der Waals surface area contributed by atoms with Crippen LogP contribution in [0.25, 0.3) is 0 Å². The maximum absolute atomic E-state index is 12.1. The molecule has 112 valence electrons. The lowest BCUT2D eigenvalue weighted by molar-refractivity contribution is -0.137. The van der Waals surface area contributed by atoms with Gasteiger partial charge in [0, 0.05) is 19.5 Å². The van der Waals surface area contributed by atoms with Crippen LogP contribution < -0.4 is 5.32 Å². The molecule has 0 spiro atoms. The van der Waals surface area contributed by atoms with E-state index < -0.39 is 11.8 Å². The van der Waals surface area contributed by atoms with Gasteiger partial charge >= 0.3 is 0 Å². The average molecular weight is 483 g/mol. The minimum absolute atomic E-state index is 0.0128. The lowest BCUT2D eigenvalue weighted by Gasteiger charge is -2.16. The number of aliphatic hydroxyl groups is 1. The summed E-state index contributed by atoms with van der Waals surface area (Å²) in [7, 11) is 0. The third-order valence-electron chi connectivity index (χ3n) is 2.99. The van der Waals surface area contributed by atoms with E-state index in [0.29, 0.717) is 5.69 Å². The first-order chi connectivity index (χ1) is 9.86. The first-order valence-corrected chi connectivity index (χ1v) is 8.34. The predicted molar refractivity (Wildman–Crippen MR) is 89.8 cm³/mol. The molecule has 8 heteroatoms. The van der Waals surface area contributed by atoms with Crippen molar-refractivity contribution in [2.24, 2.45) is 0 Å². The highest BCUT2D eigenvalue weighted by Gasteiger charge is 2.31. The number of nitrogens with zero attached hydrogens (tertiary/aromatic N) is 1. The zero-order valence-electron chi connectivity index (χ0n) is 10.9. The summed E-state index contributed by atoms with van der Waals surface area (Å²) in [6.07, 6.45) is 1.23. The van der Waals surface area contributed by atoms with Gasteiger partial charge < -0.3 is 10.4 Å². The molecule has 2 N–H and O–H groups in total. The standard InChI is InChI=1S/C13H11Br3N2O3/c1-6-7(14)4-8(15)12(11(6)16)17-9-5-10(20)18(2-3-19)13(9)21/h4-5,17,19H,2-3H2,1H3. The molecule has 21 heavy (non-hydrogen) atoms. The molecule has 1 aliphatic heterocycles. The van der Waals surface area contributed by atoms with Crippen molar-refractivity contribution in [1.82, 2.24) is 4.90 Å². The maximum Gasteiger partial charge on any atom is 0.277 e. The van der Waals surface area contributed by atoms with E-state index in [0.717, 1.165) is 23.9 Å². The normalized spacial score (nSPS) is 14.7. The fraction of sp³-hybridized carbons (Fsp3) is 0.231. The van der Waals surface area contributed by atoms with Crippen LogP contribution in [-0.4, -0.2) is 35.0 Å². The molecule has 2 amide bonds. The number of benzene rings is 1. The molecular formula is C13H11Br3N2O3. The SMILES string of the molecule is Cc1c(Br)cc(Br)c(NC2=CC(=O)N(CCO)C2=O)c1Br. The second-order valence-corrected chi connectivity index (χ2v) is 6.86. The number of hydrogen-bond donors (Lipinski definition) is 2. The molecule has 2 rings (SSSR count). The molecule has 1 aliphatic rings. The second kappa shape index (κ2) is 6.60. The number of imide groups is 1. The monoisotopic (exact) mass is 480 g/mol. The zero-order valence-corrected chi connectivity index (χ0v) is 15.7. The predicted octanol–water partition coefficient (Wildman–Crippen LogP) is 2.94. The summed E-state index contributed by atoms with van der Waals surface area (Å²) in [5.41, 5.74) is 1.80. The smallest absolute Gasteiger partial charge is 0.277 e. The van der Waals surface area contributed by atoms with Crippen molar-refractivity contribution >= 4 is 65.3 Å². The van der Waals surface area contributed by atoms with Crippen molar-refractivity contribution in [3.8, 4) is 0 Å². The number of amides is 2. The van der Waals surface area contributed by atoms with Crippen molar-refractivity contribution in [2.45, 2.75) is 6.92 Å². The third kappa shape index (κ3) is 3.23. The van der Waals surface area contributed by atoms with Gasteiger partial charge in [-0.15, -0.1) is 0 Å². The highest BCUT2D eigenvalue weighted by atomic mass is 79.9. The fourth-order valence-electron chi connectivity index (χ4n) is 1.85. The molecule has 0 radical (unpaired) electrons.